The summed E-state index contributed by atoms with van der Waals surface area (Å²) in [5.74, 6) is 1.59. The predicted molar refractivity (Wildman–Crippen MR) is 58.6 cm³/mol. The van der Waals surface area contributed by atoms with Gasteiger partial charge < -0.3 is 14.9 Å². The van der Waals surface area contributed by atoms with Crippen LogP contribution in [0, 0.1) is 0 Å². The molecule has 0 fully saturated rings. The normalized spacial score (nSPS) is 10.3. The minimum absolute atomic E-state index is 0.509. The van der Waals surface area contributed by atoms with Crippen molar-refractivity contribution in [3.05, 3.63) is 42.2 Å². The third-order valence-corrected chi connectivity index (χ3v) is 2.29. The first kappa shape index (κ1) is 9.80. The molecule has 2 N–H and O–H groups in total. The lowest BCUT2D eigenvalue weighted by molar-refractivity contribution is 0.414. The molecule has 0 amide bonds. The van der Waals surface area contributed by atoms with E-state index >= 15 is 0 Å². The van der Waals surface area contributed by atoms with E-state index in [1.165, 1.54) is 0 Å². The molecule has 2 rings (SSSR count). The first-order valence-electron chi connectivity index (χ1n) is 4.76. The van der Waals surface area contributed by atoms with Crippen LogP contribution in [-0.2, 0) is 6.54 Å². The number of furan rings is 1. The van der Waals surface area contributed by atoms with Gasteiger partial charge in [0.15, 0.2) is 0 Å². The Labute approximate surface area is 88.5 Å². The fraction of sp³-hybridized carbons (Fsp3) is 0.167. The summed E-state index contributed by atoms with van der Waals surface area (Å²) in [4.78, 5) is 0. The monoisotopic (exact) mass is 203 g/mol. The molecule has 0 atom stereocenters. The molecule has 15 heavy (non-hydrogen) atoms. The maximum atomic E-state index is 5.56. The Morgan fingerprint density at radius 1 is 1.33 bits per heavy atom. The number of ether oxygens (including phenoxy) is 1. The number of benzene rings is 1. The van der Waals surface area contributed by atoms with Crippen molar-refractivity contribution in [3.63, 3.8) is 0 Å². The smallest absolute Gasteiger partial charge is 0.137 e. The van der Waals surface area contributed by atoms with Crippen LogP contribution < -0.4 is 10.5 Å². The third kappa shape index (κ3) is 1.87. The molecule has 0 aliphatic rings. The summed E-state index contributed by atoms with van der Waals surface area (Å²) < 4.78 is 10.6. The van der Waals surface area contributed by atoms with Gasteiger partial charge >= 0.3 is 0 Å². The Kier molecular flexibility index (Phi) is 2.74. The molecule has 0 aliphatic heterocycles. The van der Waals surface area contributed by atoms with Gasteiger partial charge in [-0.3, -0.25) is 0 Å². The molecule has 1 heterocycles. The predicted octanol–water partition coefficient (Wildman–Crippen LogP) is 2.41. The lowest BCUT2D eigenvalue weighted by Crippen LogP contribution is -1.97. The number of hydrogen-bond acceptors (Lipinski definition) is 3. The largest absolute Gasteiger partial charge is 0.496 e. The molecule has 0 spiro atoms. The quantitative estimate of drug-likeness (QED) is 0.833. The summed E-state index contributed by atoms with van der Waals surface area (Å²) in [6.45, 7) is 0.509. The molecule has 2 aromatic rings. The van der Waals surface area contributed by atoms with E-state index in [-0.39, 0.29) is 0 Å². The second kappa shape index (κ2) is 4.19. The van der Waals surface area contributed by atoms with Gasteiger partial charge in [0.2, 0.25) is 0 Å². The third-order valence-electron chi connectivity index (χ3n) is 2.29. The summed E-state index contributed by atoms with van der Waals surface area (Å²) in [5, 5.41) is 0. The fourth-order valence-electron chi connectivity index (χ4n) is 1.50. The van der Waals surface area contributed by atoms with E-state index in [1.54, 1.807) is 13.4 Å². The van der Waals surface area contributed by atoms with Crippen LogP contribution in [0.3, 0.4) is 0 Å². The maximum Gasteiger partial charge on any atom is 0.137 e. The SMILES string of the molecule is COc1cc(CN)ccc1-c1ccco1. The molecule has 0 saturated heterocycles. The number of rotatable bonds is 3. The topological polar surface area (TPSA) is 48.4 Å². The number of methoxy groups -OCH3 is 1. The number of nitrogens with two attached hydrogens (primary N) is 1. The van der Waals surface area contributed by atoms with Crippen LogP contribution >= 0.6 is 0 Å². The Bertz CT molecular complexity index is 435. The first-order valence-corrected chi connectivity index (χ1v) is 4.76. The van der Waals surface area contributed by atoms with Crippen molar-refractivity contribution in [1.29, 1.82) is 0 Å². The Hall–Kier alpha value is -1.74. The van der Waals surface area contributed by atoms with Gasteiger partial charge in [-0.1, -0.05) is 6.07 Å². The van der Waals surface area contributed by atoms with Crippen molar-refractivity contribution in [2.75, 3.05) is 7.11 Å². The highest BCUT2D eigenvalue weighted by Gasteiger charge is 2.08. The molecule has 1 aromatic heterocycles. The fourth-order valence-corrected chi connectivity index (χ4v) is 1.50. The van der Waals surface area contributed by atoms with E-state index in [1.807, 2.05) is 30.3 Å². The molecule has 78 valence electrons. The zero-order chi connectivity index (χ0) is 10.7. The Morgan fingerprint density at radius 3 is 2.80 bits per heavy atom. The minimum Gasteiger partial charge on any atom is -0.496 e. The van der Waals surface area contributed by atoms with Crippen molar-refractivity contribution in [3.8, 4) is 17.1 Å². The van der Waals surface area contributed by atoms with Gasteiger partial charge in [0.1, 0.15) is 11.5 Å². The summed E-state index contributed by atoms with van der Waals surface area (Å²) in [6.07, 6.45) is 1.64. The van der Waals surface area contributed by atoms with Crippen LogP contribution in [0.4, 0.5) is 0 Å². The highest BCUT2D eigenvalue weighted by atomic mass is 16.5. The van der Waals surface area contributed by atoms with Crippen LogP contribution in [0.2, 0.25) is 0 Å². The summed E-state index contributed by atoms with van der Waals surface area (Å²) >= 11 is 0. The average Bonchev–Trinajstić information content (AvgIpc) is 2.81. The molecule has 0 aliphatic carbocycles. The summed E-state index contributed by atoms with van der Waals surface area (Å²) in [7, 11) is 1.64. The average molecular weight is 203 g/mol. The maximum absolute atomic E-state index is 5.56. The molecular weight excluding hydrogens is 190 g/mol. The van der Waals surface area contributed by atoms with Gasteiger partial charge in [-0.2, -0.15) is 0 Å². The molecule has 0 radical (unpaired) electrons. The number of hydrogen-bond donors (Lipinski definition) is 1. The first-order chi connectivity index (χ1) is 7.35. The molecular formula is C12H13NO2. The molecule has 0 saturated carbocycles. The van der Waals surface area contributed by atoms with Crippen molar-refractivity contribution >= 4 is 0 Å². The van der Waals surface area contributed by atoms with Gasteiger partial charge in [0.05, 0.1) is 18.9 Å². The van der Waals surface area contributed by atoms with Crippen LogP contribution in [-0.4, -0.2) is 7.11 Å². The van der Waals surface area contributed by atoms with E-state index in [2.05, 4.69) is 0 Å². The lowest BCUT2D eigenvalue weighted by atomic mass is 10.1. The highest BCUT2D eigenvalue weighted by molar-refractivity contribution is 5.66. The van der Waals surface area contributed by atoms with E-state index in [4.69, 9.17) is 14.9 Å². The van der Waals surface area contributed by atoms with Crippen LogP contribution in [0.15, 0.2) is 41.0 Å². The van der Waals surface area contributed by atoms with E-state index in [9.17, 15) is 0 Å². The minimum atomic E-state index is 0.509. The molecule has 0 unspecified atom stereocenters. The Balaban J connectivity index is 2.48. The lowest BCUT2D eigenvalue weighted by Gasteiger charge is -2.07. The van der Waals surface area contributed by atoms with Gasteiger partial charge in [-0.05, 0) is 29.8 Å². The van der Waals surface area contributed by atoms with Gasteiger partial charge in [-0.15, -0.1) is 0 Å². The Morgan fingerprint density at radius 2 is 2.20 bits per heavy atom. The summed E-state index contributed by atoms with van der Waals surface area (Å²) in [5.41, 5.74) is 7.55. The van der Waals surface area contributed by atoms with Crippen LogP contribution in [0.25, 0.3) is 11.3 Å². The van der Waals surface area contributed by atoms with E-state index in [0.29, 0.717) is 6.54 Å². The van der Waals surface area contributed by atoms with Crippen molar-refractivity contribution < 1.29 is 9.15 Å². The molecule has 3 nitrogen and oxygen atoms in total. The van der Waals surface area contributed by atoms with Gasteiger partial charge in [0.25, 0.3) is 0 Å². The van der Waals surface area contributed by atoms with E-state index in [0.717, 1.165) is 22.6 Å². The van der Waals surface area contributed by atoms with E-state index < -0.39 is 0 Å². The van der Waals surface area contributed by atoms with Crippen molar-refractivity contribution in [1.82, 2.24) is 0 Å². The van der Waals surface area contributed by atoms with Crippen LogP contribution in [0.5, 0.6) is 5.75 Å². The zero-order valence-corrected chi connectivity index (χ0v) is 8.57. The second-order valence-corrected chi connectivity index (χ2v) is 3.22. The summed E-state index contributed by atoms with van der Waals surface area (Å²) in [6, 6.07) is 9.61. The van der Waals surface area contributed by atoms with Crippen LogP contribution in [0.1, 0.15) is 5.56 Å². The van der Waals surface area contributed by atoms with Gasteiger partial charge in [-0.25, -0.2) is 0 Å². The highest BCUT2D eigenvalue weighted by Crippen LogP contribution is 2.30. The molecule has 1 aromatic carbocycles. The zero-order valence-electron chi connectivity index (χ0n) is 8.57. The standard InChI is InChI=1S/C12H13NO2/c1-14-12-7-9(8-13)4-5-10(12)11-3-2-6-15-11/h2-7H,8,13H2,1H3. The molecule has 3 heteroatoms. The van der Waals surface area contributed by atoms with Crippen molar-refractivity contribution in [2.24, 2.45) is 5.73 Å². The van der Waals surface area contributed by atoms with Crippen molar-refractivity contribution in [2.45, 2.75) is 6.54 Å². The van der Waals surface area contributed by atoms with Gasteiger partial charge in [0, 0.05) is 6.54 Å². The second-order valence-electron chi connectivity index (χ2n) is 3.22. The molecule has 0 bridgehead atoms.